The normalized spacial score (nSPS) is 22.3. The number of hydrogen-bond acceptors (Lipinski definition) is 3. The van der Waals surface area contributed by atoms with E-state index in [0.29, 0.717) is 6.42 Å². The predicted molar refractivity (Wildman–Crippen MR) is 41.0 cm³/mol. The lowest BCUT2D eigenvalue weighted by molar-refractivity contribution is -0.116. The molecule has 11 heavy (non-hydrogen) atoms. The van der Waals surface area contributed by atoms with Gasteiger partial charge in [-0.25, -0.2) is 0 Å². The smallest absolute Gasteiger partial charge is 0.184 e. The fourth-order valence-corrected chi connectivity index (χ4v) is 1.34. The fraction of sp³-hybridized carbons (Fsp3) is 0.250. The summed E-state index contributed by atoms with van der Waals surface area (Å²) in [5, 5.41) is 3.01. The maximum absolute atomic E-state index is 11.3. The molecule has 2 aliphatic rings. The third-order valence-electron chi connectivity index (χ3n) is 1.87. The summed E-state index contributed by atoms with van der Waals surface area (Å²) in [7, 11) is 1.87. The molecule has 0 aromatic carbocycles. The summed E-state index contributed by atoms with van der Waals surface area (Å²) in [4.78, 5) is 13.1. The molecule has 0 aromatic rings. The van der Waals surface area contributed by atoms with Crippen molar-refractivity contribution in [3.8, 4) is 0 Å². The Morgan fingerprint density at radius 2 is 2.45 bits per heavy atom. The van der Waals surface area contributed by atoms with Crippen molar-refractivity contribution < 1.29 is 4.79 Å². The molecule has 0 fully saturated rings. The number of Topliss-reactive ketones (excluding diaryl/α,β-unsaturated/α-hetero) is 1. The van der Waals surface area contributed by atoms with Crippen LogP contribution < -0.4 is 5.32 Å². The van der Waals surface area contributed by atoms with Crippen LogP contribution in [0.25, 0.3) is 0 Å². The van der Waals surface area contributed by atoms with Crippen LogP contribution in [0.4, 0.5) is 0 Å². The number of allylic oxidation sites excluding steroid dienone is 3. The lowest BCUT2D eigenvalue weighted by Crippen LogP contribution is -2.18. The number of rotatable bonds is 0. The van der Waals surface area contributed by atoms with Crippen LogP contribution >= 0.6 is 0 Å². The molecular formula is C8H9N2O. The molecule has 0 spiro atoms. The summed E-state index contributed by atoms with van der Waals surface area (Å²) < 4.78 is 0. The quantitative estimate of drug-likeness (QED) is 0.540. The van der Waals surface area contributed by atoms with Crippen LogP contribution in [0.2, 0.25) is 0 Å². The highest BCUT2D eigenvalue weighted by Crippen LogP contribution is 2.22. The maximum atomic E-state index is 11.3. The molecule has 0 amide bonds. The number of hydrogen-bond donors (Lipinski definition) is 1. The molecule has 0 aromatic heterocycles. The molecule has 1 aliphatic carbocycles. The molecule has 3 nitrogen and oxygen atoms in total. The summed E-state index contributed by atoms with van der Waals surface area (Å²) >= 11 is 0. The van der Waals surface area contributed by atoms with Gasteiger partial charge in [-0.15, -0.1) is 0 Å². The van der Waals surface area contributed by atoms with Gasteiger partial charge >= 0.3 is 0 Å². The standard InChI is InChI=1S/C8H9N2O/c1-10-5-9-6-3-2-4-7(11)8(6)10/h2-3,5,9H,4H2,1H3. The minimum absolute atomic E-state index is 0.186. The minimum atomic E-state index is 0.186. The Morgan fingerprint density at radius 1 is 1.64 bits per heavy atom. The zero-order valence-electron chi connectivity index (χ0n) is 6.29. The van der Waals surface area contributed by atoms with E-state index in [9.17, 15) is 4.79 Å². The largest absolute Gasteiger partial charge is 0.360 e. The number of carbonyl (C=O) groups is 1. The van der Waals surface area contributed by atoms with Gasteiger partial charge < -0.3 is 10.2 Å². The first-order valence-corrected chi connectivity index (χ1v) is 3.56. The van der Waals surface area contributed by atoms with Gasteiger partial charge in [0.25, 0.3) is 0 Å². The molecular weight excluding hydrogens is 140 g/mol. The molecule has 0 saturated heterocycles. The molecule has 1 aliphatic heterocycles. The zero-order chi connectivity index (χ0) is 7.84. The van der Waals surface area contributed by atoms with Crippen LogP contribution in [0.3, 0.4) is 0 Å². The number of ketones is 1. The van der Waals surface area contributed by atoms with Gasteiger partial charge in [0, 0.05) is 13.5 Å². The van der Waals surface area contributed by atoms with E-state index >= 15 is 0 Å². The first-order valence-electron chi connectivity index (χ1n) is 3.56. The van der Waals surface area contributed by atoms with Gasteiger partial charge in [0.1, 0.15) is 12.4 Å². The lowest BCUT2D eigenvalue weighted by Gasteiger charge is -2.13. The van der Waals surface area contributed by atoms with E-state index in [0.717, 1.165) is 11.4 Å². The van der Waals surface area contributed by atoms with Crippen molar-refractivity contribution in [1.29, 1.82) is 0 Å². The van der Waals surface area contributed by atoms with Crippen molar-refractivity contribution in [3.63, 3.8) is 0 Å². The average molecular weight is 149 g/mol. The predicted octanol–water partition coefficient (Wildman–Crippen LogP) is 0.381. The van der Waals surface area contributed by atoms with Gasteiger partial charge in [-0.05, 0) is 6.08 Å². The molecule has 3 heteroatoms. The summed E-state index contributed by atoms with van der Waals surface area (Å²) in [6.07, 6.45) is 4.34. The minimum Gasteiger partial charge on any atom is -0.360 e. The van der Waals surface area contributed by atoms with Gasteiger partial charge in [0.2, 0.25) is 0 Å². The van der Waals surface area contributed by atoms with Gasteiger partial charge in [-0.3, -0.25) is 4.79 Å². The Kier molecular flexibility index (Phi) is 1.24. The van der Waals surface area contributed by atoms with E-state index in [1.165, 1.54) is 0 Å². The second-order valence-electron chi connectivity index (χ2n) is 2.68. The van der Waals surface area contributed by atoms with E-state index < -0.39 is 0 Å². The van der Waals surface area contributed by atoms with Crippen molar-refractivity contribution in [3.05, 3.63) is 30.2 Å². The highest BCUT2D eigenvalue weighted by atomic mass is 16.1. The van der Waals surface area contributed by atoms with Crippen molar-refractivity contribution in [1.82, 2.24) is 10.2 Å². The van der Waals surface area contributed by atoms with Crippen molar-refractivity contribution >= 4 is 5.78 Å². The van der Waals surface area contributed by atoms with E-state index in [2.05, 4.69) is 5.32 Å². The topological polar surface area (TPSA) is 32.3 Å². The van der Waals surface area contributed by atoms with Gasteiger partial charge in [0.05, 0.1) is 5.70 Å². The van der Waals surface area contributed by atoms with Gasteiger partial charge in [-0.2, -0.15) is 0 Å². The molecule has 1 heterocycles. The Morgan fingerprint density at radius 3 is 3.18 bits per heavy atom. The van der Waals surface area contributed by atoms with Crippen molar-refractivity contribution in [2.75, 3.05) is 7.05 Å². The molecule has 0 bridgehead atoms. The van der Waals surface area contributed by atoms with Crippen molar-refractivity contribution in [2.24, 2.45) is 0 Å². The Hall–Kier alpha value is -1.25. The Labute approximate surface area is 65.4 Å². The average Bonchev–Trinajstić information content (AvgIpc) is 2.34. The van der Waals surface area contributed by atoms with Crippen molar-refractivity contribution in [2.45, 2.75) is 6.42 Å². The molecule has 57 valence electrons. The van der Waals surface area contributed by atoms with Crippen LogP contribution in [-0.2, 0) is 4.79 Å². The Balaban J connectivity index is 2.41. The molecule has 2 rings (SSSR count). The number of carbonyl (C=O) groups excluding carboxylic acids is 1. The second kappa shape index (κ2) is 2.12. The van der Waals surface area contributed by atoms with Crippen LogP contribution in [0.5, 0.6) is 0 Å². The second-order valence-corrected chi connectivity index (χ2v) is 2.68. The first kappa shape index (κ1) is 6.46. The molecule has 0 atom stereocenters. The SMILES string of the molecule is CN1[CH]NC2=C1C(=O)CC=C2. The molecule has 1 N–H and O–H groups in total. The summed E-state index contributed by atoms with van der Waals surface area (Å²) in [5.41, 5.74) is 1.70. The third-order valence-corrected chi connectivity index (χ3v) is 1.87. The third kappa shape index (κ3) is 0.843. The highest BCUT2D eigenvalue weighted by molar-refractivity contribution is 5.98. The fourth-order valence-electron chi connectivity index (χ4n) is 1.34. The van der Waals surface area contributed by atoms with Gasteiger partial charge in [0.15, 0.2) is 5.78 Å². The molecule has 0 unspecified atom stereocenters. The number of likely N-dealkylation sites (N-methyl/N-ethyl adjacent to an activating group) is 1. The lowest BCUT2D eigenvalue weighted by atomic mass is 10.1. The Bertz CT molecular complexity index is 265. The van der Waals surface area contributed by atoms with Crippen LogP contribution in [0.1, 0.15) is 6.42 Å². The van der Waals surface area contributed by atoms with E-state index in [4.69, 9.17) is 0 Å². The number of nitrogens with zero attached hydrogens (tertiary/aromatic N) is 1. The zero-order valence-corrected chi connectivity index (χ0v) is 6.29. The summed E-state index contributed by atoms with van der Waals surface area (Å²) in [6.45, 7) is 1.79. The highest BCUT2D eigenvalue weighted by Gasteiger charge is 2.25. The summed E-state index contributed by atoms with van der Waals surface area (Å²) in [6, 6.07) is 0. The van der Waals surface area contributed by atoms with E-state index in [-0.39, 0.29) is 5.78 Å². The van der Waals surface area contributed by atoms with Crippen LogP contribution in [0.15, 0.2) is 23.5 Å². The molecule has 1 radical (unpaired) electrons. The maximum Gasteiger partial charge on any atom is 0.184 e. The van der Waals surface area contributed by atoms with Gasteiger partial charge in [-0.1, -0.05) is 6.08 Å². The van der Waals surface area contributed by atoms with E-state index in [1.807, 2.05) is 24.1 Å². The first-order chi connectivity index (χ1) is 5.29. The van der Waals surface area contributed by atoms with Crippen LogP contribution in [0, 0.1) is 6.67 Å². The van der Waals surface area contributed by atoms with Crippen LogP contribution in [-0.4, -0.2) is 17.7 Å². The number of nitrogens with one attached hydrogen (secondary N) is 1. The monoisotopic (exact) mass is 149 g/mol. The molecule has 0 saturated carbocycles. The summed E-state index contributed by atoms with van der Waals surface area (Å²) in [5.74, 6) is 0.186. The van der Waals surface area contributed by atoms with E-state index in [1.54, 1.807) is 6.67 Å².